The summed E-state index contributed by atoms with van der Waals surface area (Å²) in [5, 5.41) is 1.18. The summed E-state index contributed by atoms with van der Waals surface area (Å²) in [6.45, 7) is 9.69. The summed E-state index contributed by atoms with van der Waals surface area (Å²) in [4.78, 5) is 56.7. The van der Waals surface area contributed by atoms with Crippen molar-refractivity contribution in [2.24, 2.45) is 11.8 Å². The van der Waals surface area contributed by atoms with E-state index in [4.69, 9.17) is 4.84 Å². The summed E-state index contributed by atoms with van der Waals surface area (Å²) < 4.78 is 38.8. The predicted octanol–water partition coefficient (Wildman–Crippen LogP) is 3.81. The van der Waals surface area contributed by atoms with E-state index >= 15 is 0 Å². The highest BCUT2D eigenvalue weighted by Gasteiger charge is 2.53. The summed E-state index contributed by atoms with van der Waals surface area (Å²) in [6, 6.07) is 1.34. The molecule has 0 radical (unpaired) electrons. The number of rotatable bonds is 7. The number of piperidine rings is 1. The molecule has 0 unspecified atom stereocenters. The maximum atomic E-state index is 13.9. The minimum absolute atomic E-state index is 0.0113. The van der Waals surface area contributed by atoms with Crippen LogP contribution in [0.3, 0.4) is 0 Å². The van der Waals surface area contributed by atoms with Crippen molar-refractivity contribution in [1.29, 1.82) is 0 Å². The lowest BCUT2D eigenvalue weighted by Crippen LogP contribution is -2.74. The lowest BCUT2D eigenvalue weighted by atomic mass is 9.93. The molecule has 0 aliphatic carbocycles. The molecule has 4 heterocycles. The van der Waals surface area contributed by atoms with E-state index in [9.17, 15) is 27.6 Å². The number of likely N-dealkylation sites (tertiary alicyclic amines) is 1. The van der Waals surface area contributed by atoms with Crippen LogP contribution >= 0.6 is 0 Å². The van der Waals surface area contributed by atoms with Crippen LogP contribution < -0.4 is 0 Å². The maximum Gasteiger partial charge on any atom is 0.417 e. The highest BCUT2D eigenvalue weighted by atomic mass is 19.4. The topological polar surface area (TPSA) is 86.3 Å². The fourth-order valence-corrected chi connectivity index (χ4v) is 5.75. The Morgan fingerprint density at radius 3 is 2.29 bits per heavy atom. The minimum Gasteiger partial charge on any atom is -0.334 e. The third-order valence-electron chi connectivity index (χ3n) is 7.86. The molecule has 0 saturated carbocycles. The van der Waals surface area contributed by atoms with Crippen molar-refractivity contribution >= 4 is 23.8 Å². The van der Waals surface area contributed by atoms with Crippen molar-refractivity contribution in [2.75, 3.05) is 26.7 Å². The molecule has 0 aromatic carbocycles. The van der Waals surface area contributed by atoms with Gasteiger partial charge in [0.25, 0.3) is 11.8 Å². The van der Waals surface area contributed by atoms with Gasteiger partial charge in [-0.2, -0.15) is 18.2 Å². The van der Waals surface area contributed by atoms with Gasteiger partial charge in [0, 0.05) is 18.3 Å². The molecular weight excluding hydrogens is 539 g/mol. The third kappa shape index (κ3) is 7.09. The summed E-state index contributed by atoms with van der Waals surface area (Å²) >= 11 is 0. The van der Waals surface area contributed by atoms with Crippen molar-refractivity contribution in [2.45, 2.75) is 83.9 Å². The van der Waals surface area contributed by atoms with Crippen molar-refractivity contribution in [3.63, 3.8) is 0 Å². The van der Waals surface area contributed by atoms with E-state index in [0.29, 0.717) is 19.0 Å². The van der Waals surface area contributed by atoms with Crippen LogP contribution in [-0.2, 0) is 25.4 Å². The molecule has 1 aromatic heterocycles. The van der Waals surface area contributed by atoms with Crippen LogP contribution in [0.15, 0.2) is 24.4 Å². The quantitative estimate of drug-likeness (QED) is 0.457. The van der Waals surface area contributed by atoms with Gasteiger partial charge in [0.1, 0.15) is 6.04 Å². The summed E-state index contributed by atoms with van der Waals surface area (Å²) in [6.07, 6.45) is -0.675. The lowest BCUT2D eigenvalue weighted by molar-refractivity contribution is -0.275. The molecule has 3 saturated heterocycles. The van der Waals surface area contributed by atoms with Crippen LogP contribution in [0.1, 0.15) is 64.6 Å². The van der Waals surface area contributed by atoms with Gasteiger partial charge in [0.2, 0.25) is 5.91 Å². The number of hydroxylamine groups is 2. The van der Waals surface area contributed by atoms with Gasteiger partial charge in [0.15, 0.2) is 12.3 Å². The lowest BCUT2D eigenvalue weighted by Gasteiger charge is -2.55. The van der Waals surface area contributed by atoms with E-state index in [1.165, 1.54) is 23.3 Å². The first-order valence-corrected chi connectivity index (χ1v) is 14.3. The Hall–Kier alpha value is -2.99. The molecule has 4 rings (SSSR count). The van der Waals surface area contributed by atoms with Crippen molar-refractivity contribution in [3.05, 3.63) is 35.7 Å². The smallest absolute Gasteiger partial charge is 0.334 e. The van der Waals surface area contributed by atoms with Crippen LogP contribution in [0.5, 0.6) is 0 Å². The zero-order valence-electron chi connectivity index (χ0n) is 24.3. The van der Waals surface area contributed by atoms with Crippen LogP contribution in [0.2, 0.25) is 0 Å². The first-order valence-electron chi connectivity index (χ1n) is 14.3. The van der Waals surface area contributed by atoms with E-state index in [1.807, 2.05) is 39.6 Å². The number of carbonyl (C=O) groups is 3. The zero-order valence-corrected chi connectivity index (χ0v) is 24.3. The molecule has 3 aliphatic rings. The number of halogens is 3. The number of carbonyl (C=O) groups excluding carboxylic acids is 3. The van der Waals surface area contributed by atoms with Gasteiger partial charge in [-0.1, -0.05) is 27.7 Å². The van der Waals surface area contributed by atoms with Gasteiger partial charge in [-0.25, -0.2) is 0 Å². The fraction of sp³-hybridized carbons (Fsp3) is 0.655. The Bertz CT molecular complexity index is 1130. The van der Waals surface area contributed by atoms with E-state index in [2.05, 4.69) is 9.88 Å². The van der Waals surface area contributed by atoms with Gasteiger partial charge in [-0.05, 0) is 75.9 Å². The van der Waals surface area contributed by atoms with E-state index in [-0.39, 0.29) is 41.9 Å². The van der Waals surface area contributed by atoms with Gasteiger partial charge in [-0.15, -0.1) is 0 Å². The molecule has 9 nitrogen and oxygen atoms in total. The molecule has 0 N–H and O–H groups in total. The molecule has 226 valence electrons. The molecule has 3 amide bonds. The zero-order chi connectivity index (χ0) is 30.1. The molecule has 3 aliphatic heterocycles. The Balaban J connectivity index is 1.65. The van der Waals surface area contributed by atoms with Crippen molar-refractivity contribution < 1.29 is 32.4 Å². The number of fused-ring (bicyclic) bond motifs is 1. The van der Waals surface area contributed by atoms with Crippen LogP contribution in [0.4, 0.5) is 13.2 Å². The van der Waals surface area contributed by atoms with Gasteiger partial charge < -0.3 is 14.7 Å². The number of amides is 3. The number of pyridine rings is 1. The summed E-state index contributed by atoms with van der Waals surface area (Å²) in [5.74, 6) is -0.771. The first kappa shape index (κ1) is 31.0. The highest BCUT2D eigenvalue weighted by Crippen LogP contribution is 2.34. The summed E-state index contributed by atoms with van der Waals surface area (Å²) in [7, 11) is 2.04. The fourth-order valence-electron chi connectivity index (χ4n) is 5.75. The Labute approximate surface area is 239 Å². The Morgan fingerprint density at radius 1 is 1.07 bits per heavy atom. The van der Waals surface area contributed by atoms with E-state index in [0.717, 1.165) is 32.0 Å². The van der Waals surface area contributed by atoms with Crippen LogP contribution in [-0.4, -0.2) is 93.5 Å². The van der Waals surface area contributed by atoms with E-state index in [1.54, 1.807) is 4.90 Å². The predicted molar refractivity (Wildman–Crippen MR) is 146 cm³/mol. The van der Waals surface area contributed by atoms with Crippen LogP contribution in [0.25, 0.3) is 6.08 Å². The molecule has 3 fully saturated rings. The molecule has 12 heteroatoms. The molecule has 0 bridgehead atoms. The van der Waals surface area contributed by atoms with Crippen molar-refractivity contribution in [1.82, 2.24) is 24.7 Å². The first-order chi connectivity index (χ1) is 19.3. The number of hydrogen-bond donors (Lipinski definition) is 0. The molecular formula is C29H40F3N5O4. The number of hydrogen-bond acceptors (Lipinski definition) is 6. The minimum atomic E-state index is -4.52. The van der Waals surface area contributed by atoms with E-state index < -0.39 is 36.0 Å². The second kappa shape index (κ2) is 12.5. The number of alkyl halides is 3. The SMILES string of the molecule is CC(C)C[C@H]1ON(C(=O)/C=C/c2ccc(C(F)(F)F)cn2)[C@H]2CN(C3CCN(C)CC3)C(=O)[C@H](CC(C)C)N2C1=O. The molecule has 41 heavy (non-hydrogen) atoms. The molecule has 0 spiro atoms. The number of aromatic nitrogens is 1. The highest BCUT2D eigenvalue weighted by molar-refractivity contribution is 5.95. The number of piperazine rings is 1. The molecule has 1 aromatic rings. The van der Waals surface area contributed by atoms with Gasteiger partial charge in [-0.3, -0.25) is 24.2 Å². The standard InChI is InChI=1S/C29H40F3N5O4/c1-18(2)14-23-27(39)35(22-10-12-34(5)13-11-22)17-25-36(23)28(40)24(15-19(3)4)41-37(25)26(38)9-8-21-7-6-20(16-33-21)29(30,31)32/h6-9,16,18-19,22-25H,10-15,17H2,1-5H3/b9-8+/t23-,24+,25-/m0/s1. The number of nitrogens with zero attached hydrogens (tertiary/aromatic N) is 5. The normalized spacial score (nSPS) is 25.1. The van der Waals surface area contributed by atoms with Crippen LogP contribution in [0, 0.1) is 11.8 Å². The Morgan fingerprint density at radius 2 is 1.73 bits per heavy atom. The largest absolute Gasteiger partial charge is 0.417 e. The molecule has 3 atom stereocenters. The monoisotopic (exact) mass is 579 g/mol. The maximum absolute atomic E-state index is 13.9. The van der Waals surface area contributed by atoms with Gasteiger partial charge >= 0.3 is 6.18 Å². The average Bonchev–Trinajstić information content (AvgIpc) is 2.90. The van der Waals surface area contributed by atoms with Crippen molar-refractivity contribution in [3.8, 4) is 0 Å². The second-order valence-electron chi connectivity index (χ2n) is 12.1. The Kier molecular flexibility index (Phi) is 9.42. The van der Waals surface area contributed by atoms with Gasteiger partial charge in [0.05, 0.1) is 17.8 Å². The second-order valence-corrected chi connectivity index (χ2v) is 12.1. The third-order valence-corrected chi connectivity index (χ3v) is 7.86. The average molecular weight is 580 g/mol. The summed E-state index contributed by atoms with van der Waals surface area (Å²) in [5.41, 5.74) is -0.720.